The maximum atomic E-state index is 14.5. The molecule has 0 radical (unpaired) electrons. The highest BCUT2D eigenvalue weighted by molar-refractivity contribution is 7.90. The summed E-state index contributed by atoms with van der Waals surface area (Å²) in [5.41, 5.74) is -1.30. The second kappa shape index (κ2) is 15.4. The Labute approximate surface area is 319 Å². The summed E-state index contributed by atoms with van der Waals surface area (Å²) in [7, 11) is -3.68. The normalized spacial score (nSPS) is 24.6. The number of carbonyl (C=O) groups excluding carboxylic acids is 3. The molecule has 3 amide bonds. The summed E-state index contributed by atoms with van der Waals surface area (Å²) < 4.78 is 53.5. The van der Waals surface area contributed by atoms with E-state index in [0.29, 0.717) is 24.9 Å². The number of nitrogens with zero attached hydrogens (tertiary/aromatic N) is 3. The third-order valence-electron chi connectivity index (χ3n) is 10.3. The Morgan fingerprint density at radius 3 is 2.39 bits per heavy atom. The summed E-state index contributed by atoms with van der Waals surface area (Å²) in [6.07, 6.45) is 4.70. The van der Waals surface area contributed by atoms with Crippen LogP contribution >= 0.6 is 11.6 Å². The van der Waals surface area contributed by atoms with Crippen LogP contribution in [0.25, 0.3) is 0 Å². The van der Waals surface area contributed by atoms with Crippen molar-refractivity contribution in [1.29, 1.82) is 0 Å². The molecule has 292 valence electrons. The molecule has 2 heterocycles. The Morgan fingerprint density at radius 1 is 1.09 bits per heavy atom. The lowest BCUT2D eigenvalue weighted by atomic mass is 9.85. The van der Waals surface area contributed by atoms with Crippen molar-refractivity contribution < 1.29 is 36.7 Å². The fraction of sp³-hybridized carbons (Fsp3) is 0.541. The fourth-order valence-corrected chi connectivity index (χ4v) is 8.63. The van der Waals surface area contributed by atoms with E-state index < -0.39 is 68.1 Å². The maximum absolute atomic E-state index is 14.5. The van der Waals surface area contributed by atoms with E-state index in [1.165, 1.54) is 35.2 Å². The van der Waals surface area contributed by atoms with Crippen molar-refractivity contribution >= 4 is 51.0 Å². The van der Waals surface area contributed by atoms with Gasteiger partial charge in [-0.2, -0.15) is 9.97 Å². The minimum absolute atomic E-state index is 0.00727. The molecule has 0 bridgehead atoms. The molecule has 3 saturated carbocycles. The van der Waals surface area contributed by atoms with E-state index in [0.717, 1.165) is 25.7 Å². The van der Waals surface area contributed by atoms with Crippen LogP contribution in [-0.2, 0) is 24.3 Å². The number of aromatic nitrogens is 2. The van der Waals surface area contributed by atoms with E-state index in [4.69, 9.17) is 21.1 Å². The van der Waals surface area contributed by atoms with E-state index in [2.05, 4.69) is 43.8 Å². The number of anilines is 2. The van der Waals surface area contributed by atoms with Crippen molar-refractivity contribution in [3.63, 3.8) is 0 Å². The van der Waals surface area contributed by atoms with Crippen LogP contribution in [0.2, 0.25) is 5.15 Å². The van der Waals surface area contributed by atoms with Gasteiger partial charge < -0.3 is 30.3 Å². The molecular formula is C37H47ClFN7O7S. The van der Waals surface area contributed by atoms with Crippen molar-refractivity contribution in [2.75, 3.05) is 11.9 Å². The number of alkyl carbamates (subject to hydrolysis) is 1. The largest absolute Gasteiger partial charge is 0.458 e. The molecule has 1 aromatic carbocycles. The Balaban J connectivity index is 1.25. The third-order valence-corrected chi connectivity index (χ3v) is 12.3. The molecule has 6 rings (SSSR count). The quantitative estimate of drug-likeness (QED) is 0.149. The molecule has 1 aliphatic heterocycles. The number of carbonyl (C=O) groups is 3. The lowest BCUT2D eigenvalue weighted by molar-refractivity contribution is -0.142. The summed E-state index contributed by atoms with van der Waals surface area (Å²) >= 11 is 6.31. The zero-order chi connectivity index (χ0) is 39.0. The average molecular weight is 788 g/mol. The molecule has 0 spiro atoms. The highest BCUT2D eigenvalue weighted by Crippen LogP contribution is 2.49. The lowest BCUT2D eigenvalue weighted by Crippen LogP contribution is -2.59. The molecule has 4 aliphatic rings. The van der Waals surface area contributed by atoms with Crippen molar-refractivity contribution in [3.8, 4) is 6.01 Å². The van der Waals surface area contributed by atoms with Crippen molar-refractivity contribution in [2.45, 2.75) is 107 Å². The minimum Gasteiger partial charge on any atom is -0.458 e. The molecule has 1 saturated heterocycles. The number of halogens is 2. The number of sulfonamides is 1. The Kier molecular flexibility index (Phi) is 11.2. The van der Waals surface area contributed by atoms with E-state index >= 15 is 0 Å². The van der Waals surface area contributed by atoms with Crippen LogP contribution in [0.3, 0.4) is 0 Å². The molecule has 1 aromatic heterocycles. The monoisotopic (exact) mass is 787 g/mol. The Hall–Kier alpha value is -4.44. The van der Waals surface area contributed by atoms with Gasteiger partial charge in [0, 0.05) is 29.8 Å². The molecule has 54 heavy (non-hydrogen) atoms. The number of hydrogen-bond acceptors (Lipinski definition) is 10. The maximum Gasteiger partial charge on any atom is 0.408 e. The molecule has 2 aromatic rings. The van der Waals surface area contributed by atoms with E-state index in [9.17, 15) is 27.2 Å². The summed E-state index contributed by atoms with van der Waals surface area (Å²) in [5.74, 6) is -1.57. The molecule has 17 heteroatoms. The van der Waals surface area contributed by atoms with Crippen LogP contribution in [0.4, 0.5) is 20.7 Å². The summed E-state index contributed by atoms with van der Waals surface area (Å²) in [6.45, 7) is 13.2. The first-order valence-corrected chi connectivity index (χ1v) is 20.1. The second-order valence-corrected chi connectivity index (χ2v) is 17.9. The van der Waals surface area contributed by atoms with Gasteiger partial charge in [0.2, 0.25) is 21.8 Å². The molecule has 0 unspecified atom stereocenters. The minimum atomic E-state index is -3.68. The van der Waals surface area contributed by atoms with Gasteiger partial charge in [0.1, 0.15) is 41.1 Å². The Morgan fingerprint density at radius 2 is 1.78 bits per heavy atom. The highest BCUT2D eigenvalue weighted by atomic mass is 35.5. The molecule has 4 N–H and O–H groups in total. The molecule has 14 nitrogen and oxygen atoms in total. The van der Waals surface area contributed by atoms with Gasteiger partial charge >= 0.3 is 12.1 Å². The SMILES string of the molecule is C=C[C@@H]1C[C@]1(NC(=O)[C@@H]1C[C@@H](Oc2nc(Cl)cc(Nc3ccc(F)cc3)n2)CN1C(=O)[C@@H](NC(=O)OC1CCCC1)C(C)(C)C)C(=C)NS(=O)(=O)C1CC1. The van der Waals surface area contributed by atoms with E-state index in [1.54, 1.807) is 26.8 Å². The summed E-state index contributed by atoms with van der Waals surface area (Å²) in [4.78, 5) is 51.9. The van der Waals surface area contributed by atoms with Gasteiger partial charge in [0.15, 0.2) is 0 Å². The van der Waals surface area contributed by atoms with Gasteiger partial charge in [0.25, 0.3) is 0 Å². The van der Waals surface area contributed by atoms with Gasteiger partial charge in [-0.15, -0.1) is 6.58 Å². The highest BCUT2D eigenvalue weighted by Gasteiger charge is 2.58. The second-order valence-electron chi connectivity index (χ2n) is 15.6. The topological polar surface area (TPSA) is 181 Å². The first-order chi connectivity index (χ1) is 25.5. The summed E-state index contributed by atoms with van der Waals surface area (Å²) in [5, 5.41) is 8.30. The van der Waals surface area contributed by atoms with Crippen LogP contribution < -0.4 is 25.4 Å². The average Bonchev–Trinajstić information content (AvgIpc) is 3.97. The number of likely N-dealkylation sites (tertiary alicyclic amines) is 1. The van der Waals surface area contributed by atoms with Gasteiger partial charge in [-0.05, 0) is 74.6 Å². The molecule has 4 fully saturated rings. The number of hydrogen-bond donors (Lipinski definition) is 4. The Bertz CT molecular complexity index is 1900. The fourth-order valence-electron chi connectivity index (χ4n) is 7.01. The molecule has 5 atom stereocenters. The van der Waals surface area contributed by atoms with Crippen molar-refractivity contribution in [3.05, 3.63) is 66.2 Å². The van der Waals surface area contributed by atoms with Crippen molar-refractivity contribution in [1.82, 2.24) is 30.2 Å². The lowest BCUT2D eigenvalue weighted by Gasteiger charge is -2.35. The van der Waals surface area contributed by atoms with E-state index in [1.807, 2.05) is 0 Å². The van der Waals surface area contributed by atoms with E-state index in [-0.39, 0.29) is 47.7 Å². The third kappa shape index (κ3) is 9.08. The van der Waals surface area contributed by atoms with Gasteiger partial charge in [-0.25, -0.2) is 17.6 Å². The van der Waals surface area contributed by atoms with Crippen LogP contribution in [0.1, 0.15) is 72.1 Å². The molecular weight excluding hydrogens is 741 g/mol. The van der Waals surface area contributed by atoms with Crippen LogP contribution in [-0.4, -0.2) is 82.8 Å². The molecule has 3 aliphatic carbocycles. The smallest absolute Gasteiger partial charge is 0.408 e. The number of benzene rings is 1. The van der Waals surface area contributed by atoms with Gasteiger partial charge in [-0.3, -0.25) is 14.3 Å². The first kappa shape index (κ1) is 39.3. The number of amides is 3. The first-order valence-electron chi connectivity index (χ1n) is 18.1. The zero-order valence-corrected chi connectivity index (χ0v) is 32.1. The predicted octanol–water partition coefficient (Wildman–Crippen LogP) is 5.10. The number of nitrogens with one attached hydrogen (secondary N) is 4. The van der Waals surface area contributed by atoms with Crippen LogP contribution in [0.15, 0.2) is 55.3 Å². The number of rotatable bonds is 14. The zero-order valence-electron chi connectivity index (χ0n) is 30.6. The van der Waals surface area contributed by atoms with Crippen LogP contribution in [0, 0.1) is 17.2 Å². The number of ether oxygens (including phenoxy) is 2. The van der Waals surface area contributed by atoms with Gasteiger partial charge in [-0.1, -0.05) is 45.0 Å². The van der Waals surface area contributed by atoms with Crippen LogP contribution in [0.5, 0.6) is 6.01 Å². The van der Waals surface area contributed by atoms with Gasteiger partial charge in [0.05, 0.1) is 17.3 Å². The standard InChI is InChI=1S/C37H47ClFN7O7S/c1-6-22-19-37(22,21(2)45-54(50,51)27-15-16-27)44-32(47)28-17-26(52-34-41-29(38)18-30(42-34)40-24-13-11-23(39)12-14-24)20-46(28)33(48)31(36(3,4)5)43-35(49)53-25-9-7-8-10-25/h6,11-14,18,22,25-28,31,45H,1-2,7-10,15-17,19-20H2,3-5H3,(H,43,49)(H,44,47)(H,40,41,42)/t22-,26-,28+,31-,37+/m1/s1. The summed E-state index contributed by atoms with van der Waals surface area (Å²) in [6, 6.07) is 4.72. The predicted molar refractivity (Wildman–Crippen MR) is 200 cm³/mol. The van der Waals surface area contributed by atoms with Crippen molar-refractivity contribution in [2.24, 2.45) is 11.3 Å².